The minimum atomic E-state index is -0.107. The highest BCUT2D eigenvalue weighted by molar-refractivity contribution is 8.76. The Balaban J connectivity index is 3.94. The molecular weight excluding hydrogens is 523 g/mol. The molecule has 0 fully saturated rings. The van der Waals surface area contributed by atoms with Gasteiger partial charge in [0.2, 0.25) is 0 Å². The van der Waals surface area contributed by atoms with Crippen molar-refractivity contribution in [3.63, 3.8) is 0 Å². The van der Waals surface area contributed by atoms with Gasteiger partial charge in [0.05, 0.1) is 19.3 Å². The Hall–Kier alpha value is 0.0900. The van der Waals surface area contributed by atoms with E-state index < -0.39 is 0 Å². The SMILES string of the molecule is CCCCCCCCCCCCCCC(CCCCCCCCCC)OCCSSCC(=O)OCCCNC. The Labute approximate surface area is 252 Å². The number of hydrogen-bond donors (Lipinski definition) is 1. The van der Waals surface area contributed by atoms with Crippen LogP contribution >= 0.6 is 21.6 Å². The van der Waals surface area contributed by atoms with Crippen LogP contribution in [0.4, 0.5) is 0 Å². The normalized spacial score (nSPS) is 12.2. The summed E-state index contributed by atoms with van der Waals surface area (Å²) < 4.78 is 11.6. The lowest BCUT2D eigenvalue weighted by Crippen LogP contribution is -2.15. The van der Waals surface area contributed by atoms with Gasteiger partial charge in [-0.25, -0.2) is 0 Å². The predicted molar refractivity (Wildman–Crippen MR) is 177 cm³/mol. The fourth-order valence-electron chi connectivity index (χ4n) is 4.90. The van der Waals surface area contributed by atoms with Crippen LogP contribution in [0.15, 0.2) is 0 Å². The smallest absolute Gasteiger partial charge is 0.316 e. The summed E-state index contributed by atoms with van der Waals surface area (Å²) in [6.07, 6.45) is 31.5. The zero-order valence-corrected chi connectivity index (χ0v) is 28.1. The van der Waals surface area contributed by atoms with Gasteiger partial charge in [-0.05, 0) is 32.9 Å². The number of carbonyl (C=O) groups excluding carboxylic acids is 1. The van der Waals surface area contributed by atoms with Crippen LogP contribution in [-0.2, 0) is 14.3 Å². The molecule has 0 aliphatic heterocycles. The highest BCUT2D eigenvalue weighted by Crippen LogP contribution is 2.22. The maximum Gasteiger partial charge on any atom is 0.316 e. The van der Waals surface area contributed by atoms with Crippen molar-refractivity contribution >= 4 is 27.6 Å². The summed E-state index contributed by atoms with van der Waals surface area (Å²) in [5.74, 6) is 1.25. The van der Waals surface area contributed by atoms with Crippen molar-refractivity contribution in [2.75, 3.05) is 38.3 Å². The lowest BCUT2D eigenvalue weighted by Gasteiger charge is -2.18. The van der Waals surface area contributed by atoms with Gasteiger partial charge < -0.3 is 14.8 Å². The molecule has 6 heteroatoms. The second-order valence-electron chi connectivity index (χ2n) is 11.2. The van der Waals surface area contributed by atoms with Gasteiger partial charge in [-0.2, -0.15) is 0 Å². The molecule has 39 heavy (non-hydrogen) atoms. The number of unbranched alkanes of at least 4 members (excludes halogenated alkanes) is 18. The first kappa shape index (κ1) is 39.1. The van der Waals surface area contributed by atoms with Crippen LogP contribution in [0.25, 0.3) is 0 Å². The van der Waals surface area contributed by atoms with Gasteiger partial charge in [0.25, 0.3) is 0 Å². The van der Waals surface area contributed by atoms with Gasteiger partial charge in [-0.3, -0.25) is 4.79 Å². The topological polar surface area (TPSA) is 47.6 Å². The Morgan fingerprint density at radius 2 is 1.08 bits per heavy atom. The Bertz CT molecular complexity index is 482. The molecule has 0 rings (SSSR count). The summed E-state index contributed by atoms with van der Waals surface area (Å²) in [6, 6.07) is 0. The first-order valence-electron chi connectivity index (χ1n) is 16.9. The highest BCUT2D eigenvalue weighted by atomic mass is 33.1. The fourth-order valence-corrected chi connectivity index (χ4v) is 6.55. The summed E-state index contributed by atoms with van der Waals surface area (Å²) in [5, 5.41) is 3.06. The van der Waals surface area contributed by atoms with Crippen LogP contribution in [0.2, 0.25) is 0 Å². The molecule has 0 spiro atoms. The Morgan fingerprint density at radius 1 is 0.615 bits per heavy atom. The molecule has 0 amide bonds. The van der Waals surface area contributed by atoms with Gasteiger partial charge in [0.1, 0.15) is 5.75 Å². The van der Waals surface area contributed by atoms with Gasteiger partial charge in [0.15, 0.2) is 0 Å². The average molecular weight is 590 g/mol. The molecule has 0 saturated carbocycles. The van der Waals surface area contributed by atoms with E-state index in [0.717, 1.165) is 25.3 Å². The molecule has 1 N–H and O–H groups in total. The fraction of sp³-hybridized carbons (Fsp3) is 0.970. The molecule has 0 aromatic heterocycles. The highest BCUT2D eigenvalue weighted by Gasteiger charge is 2.10. The van der Waals surface area contributed by atoms with E-state index in [2.05, 4.69) is 19.2 Å². The van der Waals surface area contributed by atoms with Crippen LogP contribution in [0.3, 0.4) is 0 Å². The largest absolute Gasteiger partial charge is 0.465 e. The molecule has 0 aromatic carbocycles. The average Bonchev–Trinajstić information content (AvgIpc) is 2.94. The van der Waals surface area contributed by atoms with Crippen LogP contribution < -0.4 is 5.32 Å². The van der Waals surface area contributed by atoms with Crippen molar-refractivity contribution in [2.45, 2.75) is 168 Å². The van der Waals surface area contributed by atoms with Crippen LogP contribution in [0.1, 0.15) is 162 Å². The van der Waals surface area contributed by atoms with Crippen molar-refractivity contribution in [1.29, 1.82) is 0 Å². The monoisotopic (exact) mass is 589 g/mol. The first-order chi connectivity index (χ1) is 19.2. The number of rotatable bonds is 33. The summed E-state index contributed by atoms with van der Waals surface area (Å²) in [5.41, 5.74) is 0. The molecule has 0 aromatic rings. The molecule has 0 aliphatic rings. The zero-order valence-electron chi connectivity index (χ0n) is 26.4. The molecule has 234 valence electrons. The molecular formula is C33H67NO3S2. The quantitative estimate of drug-likeness (QED) is 0.0467. The van der Waals surface area contributed by atoms with E-state index in [0.29, 0.717) is 18.5 Å². The van der Waals surface area contributed by atoms with Crippen molar-refractivity contribution in [1.82, 2.24) is 5.32 Å². The van der Waals surface area contributed by atoms with Crippen molar-refractivity contribution in [3.05, 3.63) is 0 Å². The van der Waals surface area contributed by atoms with Gasteiger partial charge in [0, 0.05) is 5.75 Å². The van der Waals surface area contributed by atoms with E-state index in [-0.39, 0.29) is 5.97 Å². The van der Waals surface area contributed by atoms with Crippen LogP contribution in [0, 0.1) is 0 Å². The molecule has 4 nitrogen and oxygen atoms in total. The lowest BCUT2D eigenvalue weighted by molar-refractivity contribution is -0.140. The number of esters is 1. The minimum absolute atomic E-state index is 0.107. The second kappa shape index (κ2) is 34.3. The molecule has 1 unspecified atom stereocenters. The standard InChI is InChI=1S/C33H67NO3S2/c1-4-6-8-10-12-14-15-16-17-19-21-23-26-32(25-22-20-18-13-11-9-7-5-2)36-29-30-38-39-31-33(35)37-28-24-27-34-3/h32,34H,4-31H2,1-3H3. The molecule has 0 saturated heterocycles. The molecule has 0 radical (unpaired) electrons. The summed E-state index contributed by atoms with van der Waals surface area (Å²) in [4.78, 5) is 11.8. The third-order valence-corrected chi connectivity index (χ3v) is 9.58. The number of ether oxygens (including phenoxy) is 2. The van der Waals surface area contributed by atoms with E-state index >= 15 is 0 Å². The van der Waals surface area contributed by atoms with E-state index in [4.69, 9.17) is 9.47 Å². The van der Waals surface area contributed by atoms with Crippen LogP contribution in [0.5, 0.6) is 0 Å². The van der Waals surface area contributed by atoms with Gasteiger partial charge >= 0.3 is 5.97 Å². The number of nitrogens with one attached hydrogen (secondary N) is 1. The zero-order chi connectivity index (χ0) is 28.5. The van der Waals surface area contributed by atoms with Crippen molar-refractivity contribution < 1.29 is 14.3 Å². The van der Waals surface area contributed by atoms with Crippen molar-refractivity contribution in [3.8, 4) is 0 Å². The Morgan fingerprint density at radius 3 is 1.54 bits per heavy atom. The molecule has 0 aliphatic carbocycles. The minimum Gasteiger partial charge on any atom is -0.465 e. The van der Waals surface area contributed by atoms with E-state index in [1.165, 1.54) is 141 Å². The Kier molecular flexibility index (Phi) is 34.4. The molecule has 0 bridgehead atoms. The lowest BCUT2D eigenvalue weighted by atomic mass is 10.0. The van der Waals surface area contributed by atoms with E-state index in [9.17, 15) is 4.79 Å². The third-order valence-electron chi connectivity index (χ3n) is 7.37. The maximum absolute atomic E-state index is 11.8. The maximum atomic E-state index is 11.8. The van der Waals surface area contributed by atoms with E-state index in [1.807, 2.05) is 7.05 Å². The third kappa shape index (κ3) is 32.5. The predicted octanol–water partition coefficient (Wildman–Crippen LogP) is 10.5. The number of hydrogen-bond acceptors (Lipinski definition) is 6. The van der Waals surface area contributed by atoms with E-state index in [1.54, 1.807) is 21.6 Å². The molecule has 1 atom stereocenters. The number of carbonyl (C=O) groups is 1. The van der Waals surface area contributed by atoms with Crippen LogP contribution in [-0.4, -0.2) is 50.4 Å². The van der Waals surface area contributed by atoms with Gasteiger partial charge in [-0.15, -0.1) is 0 Å². The summed E-state index contributed by atoms with van der Waals surface area (Å²) in [7, 11) is 5.24. The summed E-state index contributed by atoms with van der Waals surface area (Å²) in [6.45, 7) is 6.75. The first-order valence-corrected chi connectivity index (χ1v) is 19.4. The van der Waals surface area contributed by atoms with Gasteiger partial charge in [-0.1, -0.05) is 164 Å². The molecule has 0 heterocycles. The summed E-state index contributed by atoms with van der Waals surface area (Å²) >= 11 is 0. The second-order valence-corrected chi connectivity index (χ2v) is 13.8. The van der Waals surface area contributed by atoms with Crippen molar-refractivity contribution in [2.24, 2.45) is 0 Å².